The van der Waals surface area contributed by atoms with Gasteiger partial charge in [0, 0.05) is 6.04 Å². The Morgan fingerprint density at radius 1 is 1.36 bits per heavy atom. The maximum absolute atomic E-state index is 6.14. The van der Waals surface area contributed by atoms with Crippen LogP contribution in [-0.4, -0.2) is 0 Å². The first kappa shape index (κ1) is 11.5. The second-order valence-electron chi connectivity index (χ2n) is 4.14. The molecule has 1 aliphatic carbocycles. The Kier molecular flexibility index (Phi) is 3.97. The van der Waals surface area contributed by atoms with Crippen LogP contribution in [0.1, 0.15) is 36.4 Å². The molecule has 0 bridgehead atoms. The monoisotopic (exact) mass is 211 g/mol. The van der Waals surface area contributed by atoms with Crippen LogP contribution < -0.4 is 5.73 Å². The van der Waals surface area contributed by atoms with Gasteiger partial charge in [0.1, 0.15) is 0 Å². The fraction of sp³-hybridized carbons (Fsp3) is 0.500. The lowest BCUT2D eigenvalue weighted by atomic mass is 9.98. The van der Waals surface area contributed by atoms with Crippen LogP contribution in [0.4, 0.5) is 0 Å². The molecule has 1 fully saturated rings. The molecule has 2 heteroatoms. The Bertz CT molecular complexity index is 294. The van der Waals surface area contributed by atoms with Gasteiger partial charge in [0.15, 0.2) is 0 Å². The molecule has 2 rings (SSSR count). The molecule has 1 saturated carbocycles. The first-order valence-electron chi connectivity index (χ1n) is 5.08. The van der Waals surface area contributed by atoms with Gasteiger partial charge in [0.05, 0.1) is 0 Å². The molecule has 2 N–H and O–H groups in total. The van der Waals surface area contributed by atoms with Crippen LogP contribution in [0, 0.1) is 12.8 Å². The summed E-state index contributed by atoms with van der Waals surface area (Å²) in [6.07, 6.45) is 3.95. The predicted molar refractivity (Wildman–Crippen MR) is 62.7 cm³/mol. The highest BCUT2D eigenvalue weighted by molar-refractivity contribution is 5.85. The summed E-state index contributed by atoms with van der Waals surface area (Å²) in [5.74, 6) is 0.912. The standard InChI is InChI=1S/C12H17N.ClH/c1-9-4-2-3-5-11(9)12(13)8-10-6-7-10;/h2-5,10,12H,6-8,13H2,1H3;1H/t12-;/m0./s1. The van der Waals surface area contributed by atoms with Crippen molar-refractivity contribution in [1.82, 2.24) is 0 Å². The van der Waals surface area contributed by atoms with Crippen LogP contribution in [0.5, 0.6) is 0 Å². The number of rotatable bonds is 3. The number of halogens is 1. The molecular formula is C12H18ClN. The van der Waals surface area contributed by atoms with E-state index in [1.807, 2.05) is 0 Å². The lowest BCUT2D eigenvalue weighted by molar-refractivity contribution is 0.594. The van der Waals surface area contributed by atoms with Crippen molar-refractivity contribution >= 4 is 12.4 Å². The van der Waals surface area contributed by atoms with Crippen LogP contribution in [0.25, 0.3) is 0 Å². The summed E-state index contributed by atoms with van der Waals surface area (Å²) >= 11 is 0. The average Bonchev–Trinajstić information content (AvgIpc) is 2.89. The van der Waals surface area contributed by atoms with Crippen molar-refractivity contribution in [1.29, 1.82) is 0 Å². The van der Waals surface area contributed by atoms with Gasteiger partial charge in [-0.15, -0.1) is 12.4 Å². The Labute approximate surface area is 92.1 Å². The van der Waals surface area contributed by atoms with Crippen molar-refractivity contribution in [3.05, 3.63) is 35.4 Å². The van der Waals surface area contributed by atoms with Gasteiger partial charge >= 0.3 is 0 Å². The van der Waals surface area contributed by atoms with Gasteiger partial charge in [0.2, 0.25) is 0 Å². The summed E-state index contributed by atoms with van der Waals surface area (Å²) in [4.78, 5) is 0. The van der Waals surface area contributed by atoms with Gasteiger partial charge < -0.3 is 5.73 Å². The quantitative estimate of drug-likeness (QED) is 0.817. The molecular weight excluding hydrogens is 194 g/mol. The maximum atomic E-state index is 6.14. The minimum Gasteiger partial charge on any atom is -0.324 e. The smallest absolute Gasteiger partial charge is 0.0300 e. The SMILES string of the molecule is Cc1ccccc1[C@@H](N)CC1CC1.Cl. The van der Waals surface area contributed by atoms with Gasteiger partial charge in [0.25, 0.3) is 0 Å². The Hall–Kier alpha value is -0.530. The molecule has 1 aliphatic rings. The summed E-state index contributed by atoms with van der Waals surface area (Å²) in [5, 5.41) is 0. The van der Waals surface area contributed by atoms with Gasteiger partial charge in [-0.3, -0.25) is 0 Å². The fourth-order valence-corrected chi connectivity index (χ4v) is 1.84. The fourth-order valence-electron chi connectivity index (χ4n) is 1.84. The summed E-state index contributed by atoms with van der Waals surface area (Å²) in [7, 11) is 0. The second kappa shape index (κ2) is 4.81. The molecule has 0 saturated heterocycles. The van der Waals surface area contributed by atoms with E-state index in [4.69, 9.17) is 5.73 Å². The molecule has 1 aromatic carbocycles. The van der Waals surface area contributed by atoms with Gasteiger partial charge in [-0.05, 0) is 30.4 Å². The van der Waals surface area contributed by atoms with Crippen molar-refractivity contribution in [3.63, 3.8) is 0 Å². The molecule has 0 aromatic heterocycles. The molecule has 0 amide bonds. The summed E-state index contributed by atoms with van der Waals surface area (Å²) in [6, 6.07) is 8.70. The molecule has 1 atom stereocenters. The molecule has 0 radical (unpaired) electrons. The second-order valence-corrected chi connectivity index (χ2v) is 4.14. The molecule has 78 valence electrons. The number of aryl methyl sites for hydroxylation is 1. The topological polar surface area (TPSA) is 26.0 Å². The van der Waals surface area contributed by atoms with Crippen LogP contribution in [-0.2, 0) is 0 Å². The van der Waals surface area contributed by atoms with Crippen LogP contribution in [0.15, 0.2) is 24.3 Å². The highest BCUT2D eigenvalue weighted by atomic mass is 35.5. The van der Waals surface area contributed by atoms with Crippen molar-refractivity contribution < 1.29 is 0 Å². The highest BCUT2D eigenvalue weighted by Gasteiger charge is 2.24. The molecule has 0 unspecified atom stereocenters. The van der Waals surface area contributed by atoms with Crippen LogP contribution in [0.3, 0.4) is 0 Å². The van der Waals surface area contributed by atoms with E-state index in [9.17, 15) is 0 Å². The third kappa shape index (κ3) is 2.73. The third-order valence-electron chi connectivity index (χ3n) is 2.87. The number of nitrogens with two attached hydrogens (primary N) is 1. The summed E-state index contributed by atoms with van der Waals surface area (Å²) in [5.41, 5.74) is 8.79. The minimum atomic E-state index is 0. The molecule has 0 aliphatic heterocycles. The van der Waals surface area contributed by atoms with Gasteiger partial charge in [-0.2, -0.15) is 0 Å². The first-order chi connectivity index (χ1) is 6.27. The van der Waals surface area contributed by atoms with Crippen molar-refractivity contribution in [3.8, 4) is 0 Å². The zero-order chi connectivity index (χ0) is 9.26. The zero-order valence-electron chi connectivity index (χ0n) is 8.57. The van der Waals surface area contributed by atoms with Gasteiger partial charge in [-0.1, -0.05) is 37.1 Å². The van der Waals surface area contributed by atoms with Gasteiger partial charge in [-0.25, -0.2) is 0 Å². The van der Waals surface area contributed by atoms with Crippen molar-refractivity contribution in [2.75, 3.05) is 0 Å². The Balaban J connectivity index is 0.000000980. The predicted octanol–water partition coefficient (Wildman–Crippen LogP) is 3.22. The maximum Gasteiger partial charge on any atom is 0.0300 e. The lowest BCUT2D eigenvalue weighted by Crippen LogP contribution is -2.12. The molecule has 0 heterocycles. The van der Waals surface area contributed by atoms with E-state index >= 15 is 0 Å². The average molecular weight is 212 g/mol. The zero-order valence-corrected chi connectivity index (χ0v) is 9.39. The molecule has 14 heavy (non-hydrogen) atoms. The van der Waals surface area contributed by atoms with E-state index in [0.717, 1.165) is 5.92 Å². The van der Waals surface area contributed by atoms with Crippen molar-refractivity contribution in [2.45, 2.75) is 32.2 Å². The normalized spacial score (nSPS) is 17.3. The number of hydrogen-bond acceptors (Lipinski definition) is 1. The van der Waals surface area contributed by atoms with Crippen LogP contribution in [0.2, 0.25) is 0 Å². The van der Waals surface area contributed by atoms with Crippen molar-refractivity contribution in [2.24, 2.45) is 11.7 Å². The summed E-state index contributed by atoms with van der Waals surface area (Å²) < 4.78 is 0. The van der Waals surface area contributed by atoms with E-state index in [2.05, 4.69) is 31.2 Å². The van der Waals surface area contributed by atoms with E-state index in [1.165, 1.54) is 30.4 Å². The highest BCUT2D eigenvalue weighted by Crippen LogP contribution is 2.37. The lowest BCUT2D eigenvalue weighted by Gasteiger charge is -2.13. The Morgan fingerprint density at radius 3 is 2.57 bits per heavy atom. The largest absolute Gasteiger partial charge is 0.324 e. The molecule has 0 spiro atoms. The van der Waals surface area contributed by atoms with E-state index in [-0.39, 0.29) is 18.4 Å². The molecule has 1 aromatic rings. The van der Waals surface area contributed by atoms with Crippen LogP contribution >= 0.6 is 12.4 Å². The number of benzene rings is 1. The summed E-state index contributed by atoms with van der Waals surface area (Å²) in [6.45, 7) is 2.14. The molecule has 1 nitrogen and oxygen atoms in total. The number of hydrogen-bond donors (Lipinski definition) is 1. The minimum absolute atomic E-state index is 0. The van der Waals surface area contributed by atoms with E-state index in [0.29, 0.717) is 0 Å². The van der Waals surface area contributed by atoms with E-state index in [1.54, 1.807) is 0 Å². The first-order valence-corrected chi connectivity index (χ1v) is 5.08. The third-order valence-corrected chi connectivity index (χ3v) is 2.87. The van der Waals surface area contributed by atoms with E-state index < -0.39 is 0 Å². The Morgan fingerprint density at radius 2 is 2.00 bits per heavy atom.